The first-order valence-electron chi connectivity index (χ1n) is 11.8. The van der Waals surface area contributed by atoms with Gasteiger partial charge < -0.3 is 23.9 Å². The van der Waals surface area contributed by atoms with Crippen molar-refractivity contribution in [3.63, 3.8) is 0 Å². The van der Waals surface area contributed by atoms with Crippen LogP contribution in [0, 0.1) is 6.92 Å². The van der Waals surface area contributed by atoms with Crippen LogP contribution >= 0.6 is 0 Å². The summed E-state index contributed by atoms with van der Waals surface area (Å²) in [7, 11) is 1.60. The van der Waals surface area contributed by atoms with Gasteiger partial charge in [-0.05, 0) is 36.8 Å². The summed E-state index contributed by atoms with van der Waals surface area (Å²) in [6.45, 7) is 2.88. The average molecular weight is 498 g/mol. The molecule has 0 saturated carbocycles. The van der Waals surface area contributed by atoms with Gasteiger partial charge in [-0.1, -0.05) is 5.16 Å². The number of benzene rings is 1. The summed E-state index contributed by atoms with van der Waals surface area (Å²) < 4.78 is 16.5. The Morgan fingerprint density at radius 3 is 2.54 bits per heavy atom. The van der Waals surface area contributed by atoms with Crippen LogP contribution in [0.5, 0.6) is 17.2 Å². The minimum absolute atomic E-state index is 0.139. The van der Waals surface area contributed by atoms with Crippen molar-refractivity contribution in [1.82, 2.24) is 35.0 Å². The van der Waals surface area contributed by atoms with Crippen molar-refractivity contribution in [3.8, 4) is 40.3 Å². The molecule has 11 nitrogen and oxygen atoms in total. The first-order valence-corrected chi connectivity index (χ1v) is 11.8. The Balaban J connectivity index is 1.34. The van der Waals surface area contributed by atoms with Crippen molar-refractivity contribution in [2.75, 3.05) is 13.7 Å². The number of aromatic amines is 1. The third-order valence-electron chi connectivity index (χ3n) is 6.13. The standard InChI is InChI=1S/C26H23N7O4/c1-15-29-26(32-37-15)20-8-6-18(13-28-20)36-23-11-22-21(10-16(23)14-33-9-3-4-24(33)34)30-25(31-22)19-7-5-17(35-2)12-27-19/h5-8,10-13H,3-4,9,14H2,1-2H3,(H,30,31). The van der Waals surface area contributed by atoms with Gasteiger partial charge in [-0.25, -0.2) is 15.0 Å². The van der Waals surface area contributed by atoms with E-state index < -0.39 is 0 Å². The summed E-state index contributed by atoms with van der Waals surface area (Å²) in [6, 6.07) is 11.1. The molecular formula is C26H23N7O4. The maximum Gasteiger partial charge on any atom is 0.223 e. The van der Waals surface area contributed by atoms with E-state index in [-0.39, 0.29) is 5.91 Å². The van der Waals surface area contributed by atoms with E-state index in [9.17, 15) is 4.79 Å². The van der Waals surface area contributed by atoms with Crippen LogP contribution in [0.1, 0.15) is 24.3 Å². The smallest absolute Gasteiger partial charge is 0.223 e. The summed E-state index contributed by atoms with van der Waals surface area (Å²) >= 11 is 0. The molecule has 1 aromatic carbocycles. The third-order valence-corrected chi connectivity index (χ3v) is 6.13. The van der Waals surface area contributed by atoms with Gasteiger partial charge in [-0.15, -0.1) is 0 Å². The molecule has 1 fully saturated rings. The molecule has 1 aliphatic rings. The molecule has 0 unspecified atom stereocenters. The molecule has 11 heteroatoms. The largest absolute Gasteiger partial charge is 0.495 e. The lowest BCUT2D eigenvalue weighted by Gasteiger charge is -2.18. The number of rotatable bonds is 7. The molecule has 1 aliphatic heterocycles. The topological polar surface area (TPSA) is 132 Å². The Kier molecular flexibility index (Phi) is 5.72. The molecular weight excluding hydrogens is 474 g/mol. The normalized spacial score (nSPS) is 13.5. The van der Waals surface area contributed by atoms with Crippen molar-refractivity contribution in [3.05, 3.63) is 60.2 Å². The highest BCUT2D eigenvalue weighted by atomic mass is 16.5. The number of nitrogens with zero attached hydrogens (tertiary/aromatic N) is 6. The van der Waals surface area contributed by atoms with Crippen LogP contribution in [0.25, 0.3) is 34.1 Å². The number of fused-ring (bicyclic) bond motifs is 1. The fourth-order valence-corrected chi connectivity index (χ4v) is 4.24. The second-order valence-electron chi connectivity index (χ2n) is 8.68. The molecule has 0 bridgehead atoms. The number of hydrogen-bond acceptors (Lipinski definition) is 9. The second kappa shape index (κ2) is 9.34. The molecule has 0 radical (unpaired) electrons. The molecule has 186 valence electrons. The minimum atomic E-state index is 0.139. The molecule has 37 heavy (non-hydrogen) atoms. The zero-order valence-corrected chi connectivity index (χ0v) is 20.3. The number of hydrogen-bond donors (Lipinski definition) is 1. The Morgan fingerprint density at radius 2 is 1.86 bits per heavy atom. The molecule has 6 rings (SSSR count). The first-order chi connectivity index (χ1) is 18.1. The fourth-order valence-electron chi connectivity index (χ4n) is 4.24. The van der Waals surface area contributed by atoms with E-state index in [1.807, 2.05) is 29.2 Å². The highest BCUT2D eigenvalue weighted by Crippen LogP contribution is 2.33. The molecule has 0 spiro atoms. The number of imidazole rings is 1. The molecule has 1 N–H and O–H groups in total. The van der Waals surface area contributed by atoms with Crippen molar-refractivity contribution in [2.24, 2.45) is 0 Å². The zero-order valence-electron chi connectivity index (χ0n) is 20.3. The van der Waals surface area contributed by atoms with Gasteiger partial charge in [-0.3, -0.25) is 4.79 Å². The quantitative estimate of drug-likeness (QED) is 0.349. The van der Waals surface area contributed by atoms with Gasteiger partial charge in [0.1, 0.15) is 28.6 Å². The number of ether oxygens (including phenoxy) is 2. The number of likely N-dealkylation sites (tertiary alicyclic amines) is 1. The predicted molar refractivity (Wildman–Crippen MR) is 133 cm³/mol. The van der Waals surface area contributed by atoms with Gasteiger partial charge in [0.05, 0.1) is 30.5 Å². The average Bonchev–Trinajstić information content (AvgIpc) is 3.65. The Labute approximate surface area is 211 Å². The van der Waals surface area contributed by atoms with Gasteiger partial charge in [0.15, 0.2) is 5.82 Å². The number of nitrogens with one attached hydrogen (secondary N) is 1. The predicted octanol–water partition coefficient (Wildman–Crippen LogP) is 4.30. The van der Waals surface area contributed by atoms with Crippen LogP contribution in [-0.2, 0) is 11.3 Å². The molecule has 1 amide bonds. The van der Waals surface area contributed by atoms with Crippen molar-refractivity contribution >= 4 is 16.9 Å². The Morgan fingerprint density at radius 1 is 1.05 bits per heavy atom. The van der Waals surface area contributed by atoms with Crippen LogP contribution < -0.4 is 9.47 Å². The number of amides is 1. The van der Waals surface area contributed by atoms with Crippen molar-refractivity contribution in [1.29, 1.82) is 0 Å². The molecule has 0 aliphatic carbocycles. The first kappa shape index (κ1) is 22.7. The number of methoxy groups -OCH3 is 1. The lowest BCUT2D eigenvalue weighted by molar-refractivity contribution is -0.128. The van der Waals surface area contributed by atoms with E-state index in [0.717, 1.165) is 24.0 Å². The molecule has 4 aromatic heterocycles. The number of aryl methyl sites for hydroxylation is 1. The number of pyridine rings is 2. The van der Waals surface area contributed by atoms with Crippen LogP contribution in [-0.4, -0.2) is 54.5 Å². The van der Waals surface area contributed by atoms with Crippen LogP contribution in [0.2, 0.25) is 0 Å². The molecule has 1 saturated heterocycles. The number of carbonyl (C=O) groups excluding carboxylic acids is 1. The summed E-state index contributed by atoms with van der Waals surface area (Å²) in [6.07, 6.45) is 4.67. The van der Waals surface area contributed by atoms with Crippen molar-refractivity contribution < 1.29 is 18.8 Å². The maximum absolute atomic E-state index is 12.3. The Bertz CT molecular complexity index is 1580. The number of aromatic nitrogens is 6. The number of carbonyl (C=O) groups is 1. The van der Waals surface area contributed by atoms with Crippen LogP contribution in [0.4, 0.5) is 0 Å². The Hall–Kier alpha value is -4.80. The van der Waals surface area contributed by atoms with Gasteiger partial charge in [0.2, 0.25) is 17.6 Å². The van der Waals surface area contributed by atoms with Crippen LogP contribution in [0.3, 0.4) is 0 Å². The highest BCUT2D eigenvalue weighted by molar-refractivity contribution is 5.82. The third kappa shape index (κ3) is 4.58. The molecule has 5 aromatic rings. The minimum Gasteiger partial charge on any atom is -0.495 e. The summed E-state index contributed by atoms with van der Waals surface area (Å²) in [5.74, 6) is 3.44. The van der Waals surface area contributed by atoms with Gasteiger partial charge in [-0.2, -0.15) is 4.98 Å². The lowest BCUT2D eigenvalue weighted by atomic mass is 10.1. The summed E-state index contributed by atoms with van der Waals surface area (Å²) in [4.78, 5) is 35.3. The lowest BCUT2D eigenvalue weighted by Crippen LogP contribution is -2.24. The van der Waals surface area contributed by atoms with Gasteiger partial charge in [0.25, 0.3) is 0 Å². The fraction of sp³-hybridized carbons (Fsp3) is 0.231. The van der Waals surface area contributed by atoms with E-state index in [0.29, 0.717) is 64.7 Å². The second-order valence-corrected chi connectivity index (χ2v) is 8.68. The maximum atomic E-state index is 12.3. The zero-order chi connectivity index (χ0) is 25.4. The van der Waals surface area contributed by atoms with E-state index >= 15 is 0 Å². The molecule has 0 atom stereocenters. The monoisotopic (exact) mass is 497 g/mol. The van der Waals surface area contributed by atoms with E-state index in [2.05, 4.69) is 25.1 Å². The highest BCUT2D eigenvalue weighted by Gasteiger charge is 2.23. The van der Waals surface area contributed by atoms with E-state index in [4.69, 9.17) is 19.0 Å². The van der Waals surface area contributed by atoms with E-state index in [1.165, 1.54) is 0 Å². The van der Waals surface area contributed by atoms with E-state index in [1.54, 1.807) is 38.6 Å². The van der Waals surface area contributed by atoms with Gasteiger partial charge >= 0.3 is 0 Å². The van der Waals surface area contributed by atoms with Gasteiger partial charge in [0, 0.05) is 38.1 Å². The SMILES string of the molecule is COc1ccc(-c2nc3cc(Oc4ccc(-c5noc(C)n5)nc4)c(CN4CCCC4=O)cc3[nH]2)nc1. The molecule has 5 heterocycles. The van der Waals surface area contributed by atoms with Crippen LogP contribution in [0.15, 0.2) is 53.3 Å². The van der Waals surface area contributed by atoms with Crippen molar-refractivity contribution in [2.45, 2.75) is 26.3 Å². The summed E-state index contributed by atoms with van der Waals surface area (Å²) in [5.41, 5.74) is 3.66. The number of H-pyrrole nitrogens is 1. The summed E-state index contributed by atoms with van der Waals surface area (Å²) in [5, 5.41) is 3.90.